The van der Waals surface area contributed by atoms with Crippen LogP contribution < -0.4 is 15.2 Å². The monoisotopic (exact) mass is 308 g/mol. The van der Waals surface area contributed by atoms with Crippen molar-refractivity contribution < 1.29 is 14.3 Å². The molecule has 0 radical (unpaired) electrons. The Morgan fingerprint density at radius 1 is 1.18 bits per heavy atom. The van der Waals surface area contributed by atoms with Crippen LogP contribution in [0.3, 0.4) is 0 Å². The van der Waals surface area contributed by atoms with E-state index >= 15 is 0 Å². The number of nitrogens with two attached hydrogens (primary N) is 1. The van der Waals surface area contributed by atoms with Crippen molar-refractivity contribution in [2.24, 2.45) is 0 Å². The second kappa shape index (κ2) is 9.18. The number of unbranched alkanes of at least 4 members (excludes halogenated alkanes) is 1. The van der Waals surface area contributed by atoms with Gasteiger partial charge in [0.1, 0.15) is 0 Å². The topological polar surface area (TPSA) is 64.8 Å². The molecule has 0 unspecified atom stereocenters. The van der Waals surface area contributed by atoms with Crippen LogP contribution in [0.4, 0.5) is 5.69 Å². The number of methoxy groups -OCH3 is 2. The molecule has 0 aliphatic carbocycles. The Morgan fingerprint density at radius 3 is 2.36 bits per heavy atom. The summed E-state index contributed by atoms with van der Waals surface area (Å²) >= 11 is 0. The number of nitrogen functional groups attached to an aromatic ring is 1. The van der Waals surface area contributed by atoms with E-state index in [1.807, 2.05) is 17.9 Å². The molecule has 0 fully saturated rings. The van der Waals surface area contributed by atoms with Gasteiger partial charge in [-0.15, -0.1) is 0 Å². The van der Waals surface area contributed by atoms with Crippen LogP contribution >= 0.6 is 0 Å². The zero-order valence-electron chi connectivity index (χ0n) is 14.1. The van der Waals surface area contributed by atoms with Gasteiger partial charge >= 0.3 is 0 Å². The number of nitrogens with zero attached hydrogens (tertiary/aromatic N) is 1. The Kier molecular flexibility index (Phi) is 7.57. The summed E-state index contributed by atoms with van der Waals surface area (Å²) in [5.41, 5.74) is 7.58. The smallest absolute Gasteiger partial charge is 0.222 e. The molecule has 5 heteroatoms. The Hall–Kier alpha value is -1.91. The zero-order chi connectivity index (χ0) is 16.5. The number of hydrogen-bond donors (Lipinski definition) is 1. The van der Waals surface area contributed by atoms with Crippen molar-refractivity contribution in [2.45, 2.75) is 39.5 Å². The van der Waals surface area contributed by atoms with Crippen LogP contribution in [-0.2, 0) is 11.2 Å². The van der Waals surface area contributed by atoms with Crippen LogP contribution in [0.15, 0.2) is 12.1 Å². The summed E-state index contributed by atoms with van der Waals surface area (Å²) in [5, 5.41) is 0. The number of benzene rings is 1. The third kappa shape index (κ3) is 4.83. The normalized spacial score (nSPS) is 10.4. The van der Waals surface area contributed by atoms with Gasteiger partial charge in [-0.2, -0.15) is 0 Å². The lowest BCUT2D eigenvalue weighted by Crippen LogP contribution is -2.31. The Morgan fingerprint density at radius 2 is 1.82 bits per heavy atom. The van der Waals surface area contributed by atoms with Gasteiger partial charge in [0.15, 0.2) is 11.5 Å². The fourth-order valence-corrected chi connectivity index (χ4v) is 2.36. The van der Waals surface area contributed by atoms with Gasteiger partial charge in [0.05, 0.1) is 14.2 Å². The zero-order valence-corrected chi connectivity index (χ0v) is 14.1. The minimum atomic E-state index is 0.171. The molecule has 0 bridgehead atoms. The first-order chi connectivity index (χ1) is 10.6. The number of rotatable bonds is 9. The summed E-state index contributed by atoms with van der Waals surface area (Å²) in [4.78, 5) is 14.2. The number of carbonyl (C=O) groups is 1. The number of amides is 1. The van der Waals surface area contributed by atoms with Gasteiger partial charge in [0.25, 0.3) is 0 Å². The van der Waals surface area contributed by atoms with E-state index in [4.69, 9.17) is 15.2 Å². The molecule has 2 N–H and O–H groups in total. The molecule has 1 amide bonds. The molecule has 5 nitrogen and oxygen atoms in total. The highest BCUT2D eigenvalue weighted by atomic mass is 16.5. The van der Waals surface area contributed by atoms with Crippen molar-refractivity contribution in [1.82, 2.24) is 4.90 Å². The quantitative estimate of drug-likeness (QED) is 0.712. The molecule has 124 valence electrons. The maximum absolute atomic E-state index is 12.3. The Balaban J connectivity index is 2.72. The summed E-state index contributed by atoms with van der Waals surface area (Å²) in [6, 6.07) is 3.59. The van der Waals surface area contributed by atoms with E-state index in [9.17, 15) is 4.79 Å². The van der Waals surface area contributed by atoms with Crippen molar-refractivity contribution >= 4 is 11.6 Å². The predicted molar refractivity (Wildman–Crippen MR) is 89.4 cm³/mol. The molecule has 0 aliphatic heterocycles. The van der Waals surface area contributed by atoms with Gasteiger partial charge in [0.2, 0.25) is 5.91 Å². The van der Waals surface area contributed by atoms with Crippen molar-refractivity contribution in [3.8, 4) is 11.5 Å². The molecular weight excluding hydrogens is 280 g/mol. The summed E-state index contributed by atoms with van der Waals surface area (Å²) in [5.74, 6) is 1.41. The highest BCUT2D eigenvalue weighted by Gasteiger charge is 2.14. The van der Waals surface area contributed by atoms with Gasteiger partial charge < -0.3 is 20.1 Å². The van der Waals surface area contributed by atoms with Crippen molar-refractivity contribution in [3.63, 3.8) is 0 Å². The molecule has 0 aromatic heterocycles. The lowest BCUT2D eigenvalue weighted by molar-refractivity contribution is -0.131. The van der Waals surface area contributed by atoms with E-state index in [-0.39, 0.29) is 5.91 Å². The molecule has 1 aromatic rings. The minimum Gasteiger partial charge on any atom is -0.493 e. The lowest BCUT2D eigenvalue weighted by atomic mass is 10.1. The first kappa shape index (κ1) is 18.1. The van der Waals surface area contributed by atoms with E-state index in [1.165, 1.54) is 0 Å². The standard InChI is InChI=1S/C17H28N2O3/c1-5-7-10-19(6-2)17(20)9-8-13-11-15(21-3)16(22-4)12-14(13)18/h11-12H,5-10,18H2,1-4H3. The maximum atomic E-state index is 12.3. The van der Waals surface area contributed by atoms with Crippen molar-refractivity contribution in [3.05, 3.63) is 17.7 Å². The van der Waals surface area contributed by atoms with E-state index in [0.717, 1.165) is 31.5 Å². The van der Waals surface area contributed by atoms with E-state index in [0.29, 0.717) is 30.0 Å². The average molecular weight is 308 g/mol. The SMILES string of the molecule is CCCCN(CC)C(=O)CCc1cc(OC)c(OC)cc1N. The Bertz CT molecular complexity index is 489. The molecule has 0 atom stereocenters. The van der Waals surface area contributed by atoms with Gasteiger partial charge in [-0.25, -0.2) is 0 Å². The fourth-order valence-electron chi connectivity index (χ4n) is 2.36. The second-order valence-electron chi connectivity index (χ2n) is 5.23. The fraction of sp³-hybridized carbons (Fsp3) is 0.588. The van der Waals surface area contributed by atoms with E-state index in [1.54, 1.807) is 20.3 Å². The highest BCUT2D eigenvalue weighted by molar-refractivity contribution is 5.76. The number of carbonyl (C=O) groups excluding carboxylic acids is 1. The molecular formula is C17H28N2O3. The van der Waals surface area contributed by atoms with Gasteiger partial charge in [-0.05, 0) is 31.4 Å². The summed E-state index contributed by atoms with van der Waals surface area (Å²) in [7, 11) is 3.17. The first-order valence-electron chi connectivity index (χ1n) is 7.85. The van der Waals surface area contributed by atoms with E-state index in [2.05, 4.69) is 6.92 Å². The van der Waals surface area contributed by atoms with Crippen LogP contribution in [0.25, 0.3) is 0 Å². The van der Waals surface area contributed by atoms with E-state index < -0.39 is 0 Å². The van der Waals surface area contributed by atoms with Gasteiger partial charge in [-0.1, -0.05) is 13.3 Å². The van der Waals surface area contributed by atoms with Crippen molar-refractivity contribution in [1.29, 1.82) is 0 Å². The summed E-state index contributed by atoms with van der Waals surface area (Å²) in [6.45, 7) is 5.72. The van der Waals surface area contributed by atoms with Crippen LogP contribution in [0, 0.1) is 0 Å². The van der Waals surface area contributed by atoms with Crippen LogP contribution in [0.2, 0.25) is 0 Å². The van der Waals surface area contributed by atoms with Gasteiger partial charge in [0, 0.05) is 31.3 Å². The summed E-state index contributed by atoms with van der Waals surface area (Å²) < 4.78 is 10.5. The molecule has 0 aliphatic rings. The number of hydrogen-bond acceptors (Lipinski definition) is 4. The predicted octanol–water partition coefficient (Wildman–Crippen LogP) is 2.87. The molecule has 0 heterocycles. The van der Waals surface area contributed by atoms with Gasteiger partial charge in [-0.3, -0.25) is 4.79 Å². The molecule has 1 aromatic carbocycles. The number of ether oxygens (including phenoxy) is 2. The molecule has 0 spiro atoms. The molecule has 1 rings (SSSR count). The number of aryl methyl sites for hydroxylation is 1. The first-order valence-corrected chi connectivity index (χ1v) is 7.85. The third-order valence-electron chi connectivity index (χ3n) is 3.77. The molecule has 0 saturated carbocycles. The molecule has 22 heavy (non-hydrogen) atoms. The largest absolute Gasteiger partial charge is 0.493 e. The summed E-state index contributed by atoms with van der Waals surface area (Å²) in [6.07, 6.45) is 3.19. The highest BCUT2D eigenvalue weighted by Crippen LogP contribution is 2.32. The van der Waals surface area contributed by atoms with Crippen molar-refractivity contribution in [2.75, 3.05) is 33.0 Å². The van der Waals surface area contributed by atoms with Crippen LogP contribution in [0.1, 0.15) is 38.7 Å². The second-order valence-corrected chi connectivity index (χ2v) is 5.23. The Labute approximate surface area is 133 Å². The molecule has 0 saturated heterocycles. The van der Waals surface area contributed by atoms with Crippen LogP contribution in [0.5, 0.6) is 11.5 Å². The van der Waals surface area contributed by atoms with Crippen LogP contribution in [-0.4, -0.2) is 38.1 Å². The minimum absolute atomic E-state index is 0.171. The number of anilines is 1. The lowest BCUT2D eigenvalue weighted by Gasteiger charge is -2.21. The average Bonchev–Trinajstić information content (AvgIpc) is 2.53. The third-order valence-corrected chi connectivity index (χ3v) is 3.77. The maximum Gasteiger partial charge on any atom is 0.222 e.